The maximum absolute atomic E-state index is 5.69. The molecule has 186 valence electrons. The number of benzene rings is 2. The molecule has 0 radical (unpaired) electrons. The van der Waals surface area contributed by atoms with Crippen LogP contribution in [0.5, 0.6) is 0 Å². The van der Waals surface area contributed by atoms with Gasteiger partial charge >= 0.3 is 0 Å². The fourth-order valence-electron chi connectivity index (χ4n) is 4.28. The Bertz CT molecular complexity index is 829. The molecule has 0 spiro atoms. The first-order valence-electron chi connectivity index (χ1n) is 12.5. The molecule has 6 nitrogen and oxygen atoms in total. The van der Waals surface area contributed by atoms with E-state index in [2.05, 4.69) is 56.8 Å². The quantitative estimate of drug-likeness (QED) is 0.439. The maximum atomic E-state index is 5.69. The summed E-state index contributed by atoms with van der Waals surface area (Å²) < 4.78 is 11.4. The van der Waals surface area contributed by atoms with Crippen molar-refractivity contribution in [1.29, 1.82) is 0 Å². The van der Waals surface area contributed by atoms with E-state index >= 15 is 0 Å². The fraction of sp³-hybridized carbons (Fsp3) is 0.538. The van der Waals surface area contributed by atoms with Crippen molar-refractivity contribution in [3.63, 3.8) is 0 Å². The third kappa shape index (κ3) is 7.06. The van der Waals surface area contributed by atoms with Gasteiger partial charge in [0.1, 0.15) is 0 Å². The van der Waals surface area contributed by atoms with Gasteiger partial charge in [-0.05, 0) is 49.2 Å². The highest BCUT2D eigenvalue weighted by molar-refractivity contribution is 8.76. The van der Waals surface area contributed by atoms with Crippen molar-refractivity contribution >= 4 is 33.0 Å². The first-order chi connectivity index (χ1) is 16.8. The monoisotopic (exact) mass is 502 g/mol. The molecule has 8 heteroatoms. The Morgan fingerprint density at radius 1 is 0.676 bits per heavy atom. The van der Waals surface area contributed by atoms with Crippen LogP contribution in [0.4, 0.5) is 11.4 Å². The topological polar surface area (TPSA) is 49.0 Å². The molecule has 2 saturated heterocycles. The van der Waals surface area contributed by atoms with E-state index in [-0.39, 0.29) is 0 Å². The van der Waals surface area contributed by atoms with E-state index in [9.17, 15) is 0 Å². The van der Waals surface area contributed by atoms with Crippen LogP contribution in [0.15, 0.2) is 46.2 Å². The van der Waals surface area contributed by atoms with E-state index in [1.54, 1.807) is 0 Å². The molecule has 2 aliphatic heterocycles. The van der Waals surface area contributed by atoms with E-state index in [0.29, 0.717) is 13.2 Å². The predicted octanol–water partition coefficient (Wildman–Crippen LogP) is 4.38. The minimum absolute atomic E-state index is 0.669. The predicted molar refractivity (Wildman–Crippen MR) is 145 cm³/mol. The van der Waals surface area contributed by atoms with E-state index in [1.165, 1.54) is 32.3 Å². The molecule has 2 heterocycles. The lowest BCUT2D eigenvalue weighted by Crippen LogP contribution is -2.43. The average molecular weight is 503 g/mol. The van der Waals surface area contributed by atoms with E-state index in [1.807, 2.05) is 35.4 Å². The summed E-state index contributed by atoms with van der Waals surface area (Å²) in [6.45, 7) is 15.2. The van der Waals surface area contributed by atoms with E-state index < -0.39 is 0 Å². The molecule has 0 aliphatic carbocycles. The Kier molecular flexibility index (Phi) is 10.3. The van der Waals surface area contributed by atoms with Gasteiger partial charge in [0.2, 0.25) is 0 Å². The van der Waals surface area contributed by atoms with Gasteiger partial charge in [-0.3, -0.25) is 0 Å². The Balaban J connectivity index is 1.55. The van der Waals surface area contributed by atoms with E-state index in [0.717, 1.165) is 65.6 Å². The Morgan fingerprint density at radius 3 is 1.47 bits per heavy atom. The van der Waals surface area contributed by atoms with Gasteiger partial charge in [-0.2, -0.15) is 0 Å². The van der Waals surface area contributed by atoms with Crippen molar-refractivity contribution in [3.05, 3.63) is 47.5 Å². The molecule has 2 aromatic carbocycles. The van der Waals surface area contributed by atoms with Crippen LogP contribution < -0.4 is 20.4 Å². The number of nitrogens with one attached hydrogen (secondary N) is 2. The molecule has 0 saturated carbocycles. The number of anilines is 2. The van der Waals surface area contributed by atoms with Gasteiger partial charge in [-0.15, -0.1) is 0 Å². The van der Waals surface area contributed by atoms with Crippen LogP contribution in [0.1, 0.15) is 25.0 Å². The third-order valence-corrected chi connectivity index (χ3v) is 8.59. The summed E-state index contributed by atoms with van der Waals surface area (Å²) in [7, 11) is 3.74. The van der Waals surface area contributed by atoms with Gasteiger partial charge in [-0.25, -0.2) is 0 Å². The molecule has 0 amide bonds. The molecule has 34 heavy (non-hydrogen) atoms. The number of piperazine rings is 2. The van der Waals surface area contributed by atoms with Crippen molar-refractivity contribution in [3.8, 4) is 0 Å². The summed E-state index contributed by atoms with van der Waals surface area (Å²) in [4.78, 5) is 7.66. The zero-order chi connectivity index (χ0) is 23.6. The minimum atomic E-state index is 0.669. The number of rotatable bonds is 11. The number of hydrogen-bond donors (Lipinski definition) is 2. The maximum Gasteiger partial charge on any atom is 0.0717 e. The second kappa shape index (κ2) is 13.6. The average Bonchev–Trinajstić information content (AvgIpc) is 2.91. The molecule has 2 aliphatic rings. The minimum Gasteiger partial charge on any atom is -0.377 e. The van der Waals surface area contributed by atoms with Gasteiger partial charge < -0.3 is 29.9 Å². The van der Waals surface area contributed by atoms with Crippen LogP contribution in [0.25, 0.3) is 0 Å². The molecule has 0 aromatic heterocycles. The van der Waals surface area contributed by atoms with Gasteiger partial charge in [0.05, 0.1) is 24.6 Å². The molecular formula is C26H38N4O2S2. The molecule has 0 atom stereocenters. The van der Waals surface area contributed by atoms with Crippen molar-refractivity contribution < 1.29 is 9.47 Å². The summed E-state index contributed by atoms with van der Waals surface area (Å²) in [6, 6.07) is 13.6. The smallest absolute Gasteiger partial charge is 0.0717 e. The molecule has 4 rings (SSSR count). The van der Waals surface area contributed by atoms with Crippen LogP contribution in [0.2, 0.25) is 0 Å². The summed E-state index contributed by atoms with van der Waals surface area (Å²) in [5.74, 6) is 0. The number of hydrogen-bond acceptors (Lipinski definition) is 8. The van der Waals surface area contributed by atoms with Crippen molar-refractivity contribution in [1.82, 2.24) is 10.6 Å². The molecule has 2 N–H and O–H groups in total. The largest absolute Gasteiger partial charge is 0.377 e. The second-order valence-electron chi connectivity index (χ2n) is 8.52. The van der Waals surface area contributed by atoms with Crippen LogP contribution in [0, 0.1) is 0 Å². The standard InChI is InChI=1S/C26H38N4O2S2/c1-3-31-19-21-5-7-25(23(17-21)29-13-9-27-10-14-29)33-34-26-8-6-22(20-32-4-2)18-24(26)30-15-11-28-12-16-30/h5-8,17-18,27-28H,3-4,9-16,19-20H2,1-2H3. The van der Waals surface area contributed by atoms with Gasteiger partial charge in [0.15, 0.2) is 0 Å². The molecule has 0 bridgehead atoms. The highest BCUT2D eigenvalue weighted by Gasteiger charge is 2.19. The Hall–Kier alpha value is -1.42. The Morgan fingerprint density at radius 2 is 1.09 bits per heavy atom. The number of ether oxygens (including phenoxy) is 2. The molecular weight excluding hydrogens is 464 g/mol. The molecule has 2 aromatic rings. The second-order valence-corrected chi connectivity index (χ2v) is 10.7. The van der Waals surface area contributed by atoms with E-state index in [4.69, 9.17) is 9.47 Å². The van der Waals surface area contributed by atoms with Crippen LogP contribution in [-0.2, 0) is 22.7 Å². The van der Waals surface area contributed by atoms with Crippen LogP contribution >= 0.6 is 21.6 Å². The van der Waals surface area contributed by atoms with Gasteiger partial charge in [0.25, 0.3) is 0 Å². The van der Waals surface area contributed by atoms with Gasteiger partial charge in [0, 0.05) is 75.4 Å². The number of nitrogens with zero attached hydrogens (tertiary/aromatic N) is 2. The molecule has 0 unspecified atom stereocenters. The first kappa shape index (κ1) is 25.7. The zero-order valence-corrected chi connectivity index (χ0v) is 22.1. The summed E-state index contributed by atoms with van der Waals surface area (Å²) in [5, 5.41) is 6.95. The lowest BCUT2D eigenvalue weighted by molar-refractivity contribution is 0.134. The molecule has 2 fully saturated rings. The summed E-state index contributed by atoms with van der Waals surface area (Å²) in [5.41, 5.74) is 5.14. The lowest BCUT2D eigenvalue weighted by atomic mass is 10.2. The normalized spacial score (nSPS) is 16.8. The van der Waals surface area contributed by atoms with Crippen LogP contribution in [-0.4, -0.2) is 65.6 Å². The summed E-state index contributed by atoms with van der Waals surface area (Å²) >= 11 is 0. The van der Waals surface area contributed by atoms with Gasteiger partial charge in [-0.1, -0.05) is 33.7 Å². The lowest BCUT2D eigenvalue weighted by Gasteiger charge is -2.32. The third-order valence-electron chi connectivity index (χ3n) is 6.13. The summed E-state index contributed by atoms with van der Waals surface area (Å²) in [6.07, 6.45) is 0. The SMILES string of the molecule is CCOCc1ccc(SSc2ccc(COCC)cc2N2CCNCC2)c(N2CCNCC2)c1. The van der Waals surface area contributed by atoms with Crippen LogP contribution in [0.3, 0.4) is 0 Å². The van der Waals surface area contributed by atoms with Crippen molar-refractivity contribution in [2.45, 2.75) is 36.9 Å². The fourth-order valence-corrected chi connectivity index (χ4v) is 6.64. The van der Waals surface area contributed by atoms with Crippen molar-refractivity contribution in [2.75, 3.05) is 75.4 Å². The highest BCUT2D eigenvalue weighted by Crippen LogP contribution is 2.46. The zero-order valence-electron chi connectivity index (χ0n) is 20.5. The first-order valence-corrected chi connectivity index (χ1v) is 14.6. The van der Waals surface area contributed by atoms with Crippen molar-refractivity contribution in [2.24, 2.45) is 0 Å². The highest BCUT2D eigenvalue weighted by atomic mass is 33.1. The Labute approximate surface area is 212 Å².